The maximum atomic E-state index is 12.4. The van der Waals surface area contributed by atoms with E-state index >= 15 is 0 Å². The molecule has 27 heteroatoms. The Hall–Kier alpha value is -1.34. The maximum Gasteiger partial charge on any atom is 0.187 e. The Bertz CT molecular complexity index is 2380. The van der Waals surface area contributed by atoms with Gasteiger partial charge in [0.05, 0.1) is 56.9 Å². The van der Waals surface area contributed by atoms with Crippen molar-refractivity contribution in [2.75, 3.05) is 33.0 Å². The Morgan fingerprint density at radius 1 is 0.570 bits per heavy atom. The smallest absolute Gasteiger partial charge is 0.187 e. The summed E-state index contributed by atoms with van der Waals surface area (Å²) < 4.78 is 75.6. The molecule has 11 fully saturated rings. The largest absolute Gasteiger partial charge is 0.394 e. The summed E-state index contributed by atoms with van der Waals surface area (Å²) in [6.45, 7) is 14.3. The van der Waals surface area contributed by atoms with Crippen LogP contribution in [-0.2, 0) is 56.8 Å². The zero-order chi connectivity index (χ0) is 62.3. The molecule has 7 aliphatic heterocycles. The minimum atomic E-state index is -2.11. The zero-order valence-electron chi connectivity index (χ0n) is 50.2. The molecule has 2 bridgehead atoms. The van der Waals surface area contributed by atoms with E-state index in [0.29, 0.717) is 25.9 Å². The Kier molecular flexibility index (Phi) is 18.6. The number of aliphatic hydroxyl groups excluding tert-OH is 14. The van der Waals surface area contributed by atoms with Crippen LogP contribution >= 0.6 is 0 Å². The molecular formula is C59H96O27. The quantitative estimate of drug-likeness (QED) is 0.0597. The fourth-order valence-electron chi connectivity index (χ4n) is 18.6. The average molecular weight is 1240 g/mol. The molecule has 11 aliphatic rings. The van der Waals surface area contributed by atoms with Crippen molar-refractivity contribution in [3.8, 4) is 0 Å². The Labute approximate surface area is 499 Å². The Morgan fingerprint density at radius 2 is 1.15 bits per heavy atom. The molecule has 4 aliphatic carbocycles. The predicted octanol–water partition coefficient (Wildman–Crippen LogP) is -3.36. The third-order valence-electron chi connectivity index (χ3n) is 22.9. The molecule has 0 aromatic rings. The van der Waals surface area contributed by atoms with Gasteiger partial charge in [0.25, 0.3) is 0 Å². The lowest BCUT2D eigenvalue weighted by Gasteiger charge is -2.70. The molecule has 0 aromatic heterocycles. The number of allylic oxidation sites excluding steroid dienone is 1. The Morgan fingerprint density at radius 3 is 1.80 bits per heavy atom. The van der Waals surface area contributed by atoms with E-state index in [1.165, 1.54) is 6.92 Å². The molecule has 494 valence electrons. The maximum absolute atomic E-state index is 12.4. The SMILES string of the molecule is CC(C)=CC1CC(C)(O)C2C3CCC4C5(C)CCC(OC6OCC(O)C(OC7OC(COC8OC(CO)C(O)C(O)C8O)C(O)C(O)C7OC7OC(CO)C(O)C(O)C7O)C6OC6OC(C)C(O)C(O)C6O)C(C)(C)C5CCC4(C)C34COC2(C4)O1. The summed E-state index contributed by atoms with van der Waals surface area (Å²) >= 11 is 0. The summed E-state index contributed by atoms with van der Waals surface area (Å²) in [7, 11) is 0. The van der Waals surface area contributed by atoms with Gasteiger partial charge in [-0.05, 0) is 100 Å². The number of hydrogen-bond acceptors (Lipinski definition) is 27. The molecule has 35 atom stereocenters. The number of hydrogen-bond donors (Lipinski definition) is 15. The first-order chi connectivity index (χ1) is 40.4. The number of ether oxygens (including phenoxy) is 12. The number of aliphatic hydroxyl groups is 15. The van der Waals surface area contributed by atoms with Gasteiger partial charge in [-0.25, -0.2) is 0 Å². The highest BCUT2D eigenvalue weighted by molar-refractivity contribution is 5.27. The van der Waals surface area contributed by atoms with Crippen LogP contribution in [0.25, 0.3) is 0 Å². The first-order valence-corrected chi connectivity index (χ1v) is 30.9. The molecule has 7 heterocycles. The topological polar surface area (TPSA) is 414 Å². The summed E-state index contributed by atoms with van der Waals surface area (Å²) in [5.41, 5.74) is -1.06. The highest BCUT2D eigenvalue weighted by Crippen LogP contribution is 2.80. The van der Waals surface area contributed by atoms with Crippen molar-refractivity contribution in [2.45, 2.75) is 278 Å². The third kappa shape index (κ3) is 10.8. The van der Waals surface area contributed by atoms with Crippen molar-refractivity contribution in [2.24, 2.45) is 45.3 Å². The van der Waals surface area contributed by atoms with Gasteiger partial charge in [0.15, 0.2) is 37.2 Å². The van der Waals surface area contributed by atoms with Crippen LogP contribution in [0.4, 0.5) is 0 Å². The molecule has 0 aromatic carbocycles. The van der Waals surface area contributed by atoms with E-state index in [9.17, 15) is 76.6 Å². The summed E-state index contributed by atoms with van der Waals surface area (Å²) in [5.74, 6) is -0.503. The molecule has 4 saturated carbocycles. The number of fused-ring (bicyclic) bond motifs is 4. The van der Waals surface area contributed by atoms with Gasteiger partial charge in [0, 0.05) is 24.2 Å². The van der Waals surface area contributed by atoms with E-state index in [1.54, 1.807) is 0 Å². The monoisotopic (exact) mass is 1240 g/mol. The molecule has 35 unspecified atom stereocenters. The minimum Gasteiger partial charge on any atom is -0.394 e. The fourth-order valence-corrected chi connectivity index (χ4v) is 18.6. The predicted molar refractivity (Wildman–Crippen MR) is 289 cm³/mol. The van der Waals surface area contributed by atoms with E-state index in [0.717, 1.165) is 37.7 Å². The third-order valence-corrected chi connectivity index (χ3v) is 22.9. The Balaban J connectivity index is 0.877. The van der Waals surface area contributed by atoms with Crippen molar-refractivity contribution >= 4 is 0 Å². The molecule has 7 saturated heterocycles. The van der Waals surface area contributed by atoms with Gasteiger partial charge < -0.3 is 133 Å². The van der Waals surface area contributed by atoms with Gasteiger partial charge in [-0.3, -0.25) is 0 Å². The highest BCUT2D eigenvalue weighted by atomic mass is 16.8. The average Bonchev–Trinajstić information content (AvgIpc) is 1.45. The second kappa shape index (κ2) is 24.2. The van der Waals surface area contributed by atoms with Crippen molar-refractivity contribution < 1.29 is 133 Å². The van der Waals surface area contributed by atoms with Crippen LogP contribution in [0.5, 0.6) is 0 Å². The van der Waals surface area contributed by atoms with Gasteiger partial charge in [-0.1, -0.05) is 39.3 Å². The lowest BCUT2D eigenvalue weighted by Crippen LogP contribution is -2.68. The molecule has 86 heavy (non-hydrogen) atoms. The van der Waals surface area contributed by atoms with Crippen molar-refractivity contribution in [1.82, 2.24) is 0 Å². The standard InChI is InChI=1S/C59H96O27/c1-23(2)15-25-16-57(8,74)48-26-9-10-32-55(6)13-12-33(54(4,5)31(55)11-14-56(32,7)58(26)21-59(48,86-25)77-22-58)82-52-47(85-50-43(72)38(67)34(63)24(3)78-50)45(27(62)19-75-52)83-53-46(84-51-44(73)40(69)36(65)29(18-61)80-51)41(70)37(66)30(81-53)20-76-49-42(71)39(68)35(64)28(17-60)79-49/h15,24-53,60-74H,9-14,16-22H2,1-8H3. The molecule has 0 amide bonds. The summed E-state index contributed by atoms with van der Waals surface area (Å²) in [4.78, 5) is 0. The first-order valence-electron chi connectivity index (χ1n) is 30.9. The van der Waals surface area contributed by atoms with E-state index in [1.807, 2.05) is 20.8 Å². The van der Waals surface area contributed by atoms with Crippen LogP contribution in [0.1, 0.15) is 107 Å². The lowest BCUT2D eigenvalue weighted by atomic mass is 9.35. The van der Waals surface area contributed by atoms with Crippen LogP contribution in [0.2, 0.25) is 0 Å². The van der Waals surface area contributed by atoms with E-state index < -0.39 is 197 Å². The molecule has 2 spiro atoms. The normalized spacial score (nSPS) is 56.9. The van der Waals surface area contributed by atoms with E-state index in [2.05, 4.69) is 33.8 Å². The lowest BCUT2D eigenvalue weighted by molar-refractivity contribution is -0.403. The van der Waals surface area contributed by atoms with Crippen molar-refractivity contribution in [3.05, 3.63) is 11.6 Å². The summed E-state index contributed by atoms with van der Waals surface area (Å²) in [6.07, 6.45) is -34.9. The van der Waals surface area contributed by atoms with Gasteiger partial charge in [0.2, 0.25) is 0 Å². The van der Waals surface area contributed by atoms with Gasteiger partial charge in [0.1, 0.15) is 110 Å². The van der Waals surface area contributed by atoms with Crippen LogP contribution < -0.4 is 0 Å². The van der Waals surface area contributed by atoms with Gasteiger partial charge >= 0.3 is 0 Å². The fraction of sp³-hybridized carbons (Fsp3) is 0.966. The van der Waals surface area contributed by atoms with Crippen LogP contribution in [0.3, 0.4) is 0 Å². The molecule has 15 N–H and O–H groups in total. The zero-order valence-corrected chi connectivity index (χ0v) is 50.2. The highest BCUT2D eigenvalue weighted by Gasteiger charge is 2.81. The second-order valence-electron chi connectivity index (χ2n) is 28.6. The number of rotatable bonds is 14. The molecular weight excluding hydrogens is 1140 g/mol. The van der Waals surface area contributed by atoms with Crippen molar-refractivity contribution in [1.29, 1.82) is 0 Å². The van der Waals surface area contributed by atoms with Crippen LogP contribution in [0, 0.1) is 45.3 Å². The van der Waals surface area contributed by atoms with Gasteiger partial charge in [-0.15, -0.1) is 0 Å². The van der Waals surface area contributed by atoms with Crippen molar-refractivity contribution in [3.63, 3.8) is 0 Å². The van der Waals surface area contributed by atoms with Crippen LogP contribution in [-0.4, -0.2) is 281 Å². The molecule has 0 radical (unpaired) electrons. The van der Waals surface area contributed by atoms with Gasteiger partial charge in [-0.2, -0.15) is 0 Å². The first kappa shape index (κ1) is 66.1. The molecule has 11 rings (SSSR count). The summed E-state index contributed by atoms with van der Waals surface area (Å²) in [5, 5.41) is 165. The minimum absolute atomic E-state index is 0.0914. The summed E-state index contributed by atoms with van der Waals surface area (Å²) in [6, 6.07) is 0. The van der Waals surface area contributed by atoms with E-state index in [4.69, 9.17) is 56.8 Å². The second-order valence-corrected chi connectivity index (χ2v) is 28.6. The molecule has 27 nitrogen and oxygen atoms in total. The van der Waals surface area contributed by atoms with Crippen LogP contribution in [0.15, 0.2) is 11.6 Å². The van der Waals surface area contributed by atoms with E-state index in [-0.39, 0.29) is 46.0 Å².